The molecule has 0 saturated carbocycles. The molecule has 4 rings (SSSR count). The van der Waals surface area contributed by atoms with Crippen LogP contribution < -0.4 is 11.1 Å². The van der Waals surface area contributed by atoms with Crippen molar-refractivity contribution in [1.82, 2.24) is 19.2 Å². The molecule has 0 fully saturated rings. The number of carbonyl (C=O) groups is 1. The SMILES string of the molecule is Cc1ccc(-n2nc(C)c(CC(=O)Nc3ccc4oc(=O)n(CCN(C)C)c4c3)c2C)cc1Cl. The van der Waals surface area contributed by atoms with Gasteiger partial charge in [-0.15, -0.1) is 0 Å². The minimum Gasteiger partial charge on any atom is -0.408 e. The van der Waals surface area contributed by atoms with Crippen LogP contribution >= 0.6 is 11.6 Å². The largest absolute Gasteiger partial charge is 0.419 e. The fourth-order valence-electron chi connectivity index (χ4n) is 3.91. The van der Waals surface area contributed by atoms with E-state index in [1.165, 1.54) is 0 Å². The molecule has 2 aromatic heterocycles. The molecular formula is C25H28ClN5O3. The lowest BCUT2D eigenvalue weighted by Gasteiger charge is -2.10. The summed E-state index contributed by atoms with van der Waals surface area (Å²) in [5.41, 5.74) is 6.12. The van der Waals surface area contributed by atoms with Crippen molar-refractivity contribution in [2.75, 3.05) is 26.0 Å². The lowest BCUT2D eigenvalue weighted by atomic mass is 10.1. The van der Waals surface area contributed by atoms with Crippen molar-refractivity contribution < 1.29 is 9.21 Å². The molecule has 0 radical (unpaired) electrons. The number of carbonyl (C=O) groups excluding carboxylic acids is 1. The van der Waals surface area contributed by atoms with Gasteiger partial charge in [0.15, 0.2) is 5.58 Å². The van der Waals surface area contributed by atoms with Gasteiger partial charge in [-0.05, 0) is 70.8 Å². The maximum atomic E-state index is 12.9. The smallest absolute Gasteiger partial charge is 0.408 e. The van der Waals surface area contributed by atoms with E-state index in [-0.39, 0.29) is 12.3 Å². The van der Waals surface area contributed by atoms with Gasteiger partial charge in [-0.25, -0.2) is 9.48 Å². The van der Waals surface area contributed by atoms with Gasteiger partial charge in [0.05, 0.1) is 23.3 Å². The van der Waals surface area contributed by atoms with Crippen LogP contribution in [0.5, 0.6) is 0 Å². The molecule has 9 heteroatoms. The van der Waals surface area contributed by atoms with Gasteiger partial charge in [-0.1, -0.05) is 17.7 Å². The van der Waals surface area contributed by atoms with Gasteiger partial charge in [0.2, 0.25) is 5.91 Å². The van der Waals surface area contributed by atoms with Crippen LogP contribution in [-0.2, 0) is 17.8 Å². The first-order chi connectivity index (χ1) is 16.1. The summed E-state index contributed by atoms with van der Waals surface area (Å²) in [5, 5.41) is 8.23. The monoisotopic (exact) mass is 481 g/mol. The van der Waals surface area contributed by atoms with E-state index < -0.39 is 5.76 Å². The highest BCUT2D eigenvalue weighted by atomic mass is 35.5. The van der Waals surface area contributed by atoms with Gasteiger partial charge in [0.25, 0.3) is 0 Å². The van der Waals surface area contributed by atoms with E-state index in [4.69, 9.17) is 16.0 Å². The molecule has 1 N–H and O–H groups in total. The number of nitrogens with one attached hydrogen (secondary N) is 1. The average Bonchev–Trinajstić information content (AvgIpc) is 3.24. The Bertz CT molecular complexity index is 1430. The lowest BCUT2D eigenvalue weighted by molar-refractivity contribution is -0.115. The van der Waals surface area contributed by atoms with Crippen molar-refractivity contribution in [1.29, 1.82) is 0 Å². The van der Waals surface area contributed by atoms with E-state index in [2.05, 4.69) is 10.4 Å². The minimum absolute atomic E-state index is 0.169. The maximum Gasteiger partial charge on any atom is 0.419 e. The molecule has 0 aliphatic heterocycles. The molecule has 178 valence electrons. The zero-order valence-corrected chi connectivity index (χ0v) is 20.7. The predicted octanol–water partition coefficient (Wildman–Crippen LogP) is 4.10. The number of amides is 1. The Morgan fingerprint density at radius 2 is 1.91 bits per heavy atom. The first-order valence-electron chi connectivity index (χ1n) is 11.0. The predicted molar refractivity (Wildman–Crippen MR) is 134 cm³/mol. The minimum atomic E-state index is -0.407. The standard InChI is InChI=1S/C25H28ClN5O3/c1-15-6-8-19(13-21(15)26)31-17(3)20(16(2)28-31)14-24(32)27-18-7-9-23-22(12-18)30(25(33)34-23)11-10-29(4)5/h6-9,12-13H,10-11,14H2,1-5H3,(H,27,32). The number of benzene rings is 2. The molecule has 0 saturated heterocycles. The summed E-state index contributed by atoms with van der Waals surface area (Å²) in [6.45, 7) is 6.97. The van der Waals surface area contributed by atoms with Crippen LogP contribution in [0, 0.1) is 20.8 Å². The molecule has 1 amide bonds. The molecule has 8 nitrogen and oxygen atoms in total. The number of fused-ring (bicyclic) bond motifs is 1. The Labute approximate surface area is 202 Å². The van der Waals surface area contributed by atoms with Crippen molar-refractivity contribution in [3.8, 4) is 5.69 Å². The summed E-state index contributed by atoms with van der Waals surface area (Å²) >= 11 is 6.29. The average molecular weight is 482 g/mol. The Balaban J connectivity index is 1.55. The third-order valence-electron chi connectivity index (χ3n) is 5.90. The Morgan fingerprint density at radius 1 is 1.15 bits per heavy atom. The first kappa shape index (κ1) is 23.8. The molecule has 4 aromatic rings. The van der Waals surface area contributed by atoms with Crippen LogP contribution in [0.3, 0.4) is 0 Å². The quantitative estimate of drug-likeness (QED) is 0.429. The van der Waals surface area contributed by atoms with Gasteiger partial charge < -0.3 is 14.6 Å². The van der Waals surface area contributed by atoms with Crippen molar-refractivity contribution in [2.45, 2.75) is 33.7 Å². The first-order valence-corrected chi connectivity index (χ1v) is 11.4. The summed E-state index contributed by atoms with van der Waals surface area (Å²) in [6, 6.07) is 11.0. The molecule has 2 aromatic carbocycles. The van der Waals surface area contributed by atoms with Gasteiger partial charge in [0, 0.05) is 35.1 Å². The molecule has 0 aliphatic rings. The number of aromatic nitrogens is 3. The normalized spacial score (nSPS) is 11.5. The Morgan fingerprint density at radius 3 is 2.62 bits per heavy atom. The fraction of sp³-hybridized carbons (Fsp3) is 0.320. The highest BCUT2D eigenvalue weighted by Crippen LogP contribution is 2.24. The van der Waals surface area contributed by atoms with Crippen molar-refractivity contribution in [3.05, 3.63) is 74.5 Å². The Kier molecular flexibility index (Phi) is 6.63. The number of nitrogens with zero attached hydrogens (tertiary/aromatic N) is 4. The second-order valence-electron chi connectivity index (χ2n) is 8.73. The molecule has 0 aliphatic carbocycles. The third-order valence-corrected chi connectivity index (χ3v) is 6.31. The summed E-state index contributed by atoms with van der Waals surface area (Å²) in [4.78, 5) is 27.1. The number of hydrogen-bond acceptors (Lipinski definition) is 5. The van der Waals surface area contributed by atoms with Crippen molar-refractivity contribution in [3.63, 3.8) is 0 Å². The number of halogens is 1. The number of hydrogen-bond donors (Lipinski definition) is 1. The van der Waals surface area contributed by atoms with E-state index in [0.29, 0.717) is 34.9 Å². The summed E-state index contributed by atoms with van der Waals surface area (Å²) in [5.74, 6) is -0.576. The zero-order chi connectivity index (χ0) is 24.6. The molecule has 2 heterocycles. The second kappa shape index (κ2) is 9.48. The fourth-order valence-corrected chi connectivity index (χ4v) is 4.09. The Hall–Kier alpha value is -3.36. The summed E-state index contributed by atoms with van der Waals surface area (Å²) < 4.78 is 8.72. The third kappa shape index (κ3) is 4.78. The van der Waals surface area contributed by atoms with E-state index >= 15 is 0 Å². The number of rotatable bonds is 7. The molecule has 0 unspecified atom stereocenters. The van der Waals surface area contributed by atoms with Crippen LogP contribution in [-0.4, -0.2) is 45.8 Å². The molecular weight excluding hydrogens is 454 g/mol. The summed E-state index contributed by atoms with van der Waals surface area (Å²) in [6.07, 6.45) is 0.175. The van der Waals surface area contributed by atoms with Gasteiger partial charge in [-0.3, -0.25) is 9.36 Å². The highest BCUT2D eigenvalue weighted by molar-refractivity contribution is 6.31. The van der Waals surface area contributed by atoms with Crippen LogP contribution in [0.4, 0.5) is 5.69 Å². The van der Waals surface area contributed by atoms with Crippen molar-refractivity contribution >= 4 is 34.3 Å². The van der Waals surface area contributed by atoms with Gasteiger partial charge in [-0.2, -0.15) is 5.10 Å². The van der Waals surface area contributed by atoms with Crippen LogP contribution in [0.15, 0.2) is 45.6 Å². The number of anilines is 1. The van der Waals surface area contributed by atoms with E-state index in [9.17, 15) is 9.59 Å². The maximum absolute atomic E-state index is 12.9. The number of oxazole rings is 1. The number of likely N-dealkylation sites (N-methyl/N-ethyl adjacent to an activating group) is 1. The highest BCUT2D eigenvalue weighted by Gasteiger charge is 2.17. The van der Waals surface area contributed by atoms with Gasteiger partial charge >= 0.3 is 5.76 Å². The van der Waals surface area contributed by atoms with Crippen LogP contribution in [0.1, 0.15) is 22.5 Å². The number of aryl methyl sites for hydroxylation is 2. The second-order valence-corrected chi connectivity index (χ2v) is 9.13. The lowest BCUT2D eigenvalue weighted by Crippen LogP contribution is -2.23. The summed E-state index contributed by atoms with van der Waals surface area (Å²) in [7, 11) is 3.89. The van der Waals surface area contributed by atoms with E-state index in [1.54, 1.807) is 22.8 Å². The zero-order valence-electron chi connectivity index (χ0n) is 20.0. The van der Waals surface area contributed by atoms with Gasteiger partial charge in [0.1, 0.15) is 0 Å². The van der Waals surface area contributed by atoms with Crippen molar-refractivity contribution in [2.24, 2.45) is 0 Å². The van der Waals surface area contributed by atoms with E-state index in [0.717, 1.165) is 28.2 Å². The molecule has 0 spiro atoms. The molecule has 34 heavy (non-hydrogen) atoms. The van der Waals surface area contributed by atoms with Crippen LogP contribution in [0.2, 0.25) is 5.02 Å². The topological polar surface area (TPSA) is 85.3 Å². The van der Waals surface area contributed by atoms with E-state index in [1.807, 2.05) is 62.6 Å². The molecule has 0 bridgehead atoms. The van der Waals surface area contributed by atoms with Crippen LogP contribution in [0.25, 0.3) is 16.8 Å². The molecule has 0 atom stereocenters.